The van der Waals surface area contributed by atoms with Gasteiger partial charge >= 0.3 is 0 Å². The quantitative estimate of drug-likeness (QED) is 0.792. The summed E-state index contributed by atoms with van der Waals surface area (Å²) in [5.41, 5.74) is 7.08. The van der Waals surface area contributed by atoms with E-state index >= 15 is 0 Å². The molecule has 2 heteroatoms. The molecule has 1 nitrogen and oxygen atoms in total. The Kier molecular flexibility index (Phi) is 4.28. The van der Waals surface area contributed by atoms with Crippen LogP contribution in [0.5, 0.6) is 0 Å². The zero-order chi connectivity index (χ0) is 11.3. The third-order valence-electron chi connectivity index (χ3n) is 2.78. The van der Waals surface area contributed by atoms with Gasteiger partial charge in [0.1, 0.15) is 5.82 Å². The summed E-state index contributed by atoms with van der Waals surface area (Å²) < 4.78 is 12.6. The zero-order valence-electron chi connectivity index (χ0n) is 9.59. The van der Waals surface area contributed by atoms with Gasteiger partial charge in [0, 0.05) is 0 Å². The van der Waals surface area contributed by atoms with E-state index in [4.69, 9.17) is 5.73 Å². The summed E-state index contributed by atoms with van der Waals surface area (Å²) >= 11 is 0. The standard InChI is InChI=1S/C13H20FN/c1-13(2,10-15)9-3-4-11-5-7-12(14)8-6-11/h5-8H,3-4,9-10,15H2,1-2H3. The maximum absolute atomic E-state index is 12.6. The van der Waals surface area contributed by atoms with Gasteiger partial charge in [0.2, 0.25) is 0 Å². The van der Waals surface area contributed by atoms with E-state index in [1.807, 2.05) is 12.1 Å². The molecule has 0 aliphatic heterocycles. The van der Waals surface area contributed by atoms with Crippen molar-refractivity contribution in [2.24, 2.45) is 11.1 Å². The number of benzene rings is 1. The third-order valence-corrected chi connectivity index (χ3v) is 2.78. The minimum absolute atomic E-state index is 0.166. The topological polar surface area (TPSA) is 26.0 Å². The Hall–Kier alpha value is -0.890. The lowest BCUT2D eigenvalue weighted by molar-refractivity contribution is 0.337. The average molecular weight is 209 g/mol. The zero-order valence-corrected chi connectivity index (χ0v) is 9.59. The molecule has 0 heterocycles. The first-order chi connectivity index (χ1) is 7.03. The number of aryl methyl sites for hydroxylation is 1. The molecule has 15 heavy (non-hydrogen) atoms. The molecular formula is C13H20FN. The molecule has 0 saturated carbocycles. The summed E-state index contributed by atoms with van der Waals surface area (Å²) in [6.07, 6.45) is 3.22. The van der Waals surface area contributed by atoms with Crippen molar-refractivity contribution >= 4 is 0 Å². The smallest absolute Gasteiger partial charge is 0.123 e. The summed E-state index contributed by atoms with van der Waals surface area (Å²) in [5.74, 6) is -0.166. The molecule has 0 atom stereocenters. The molecule has 0 aliphatic carbocycles. The predicted octanol–water partition coefficient (Wildman–Crippen LogP) is 3.13. The Morgan fingerprint density at radius 3 is 2.33 bits per heavy atom. The Labute approximate surface area is 91.5 Å². The molecule has 0 radical (unpaired) electrons. The number of rotatable bonds is 5. The van der Waals surface area contributed by atoms with Gasteiger partial charge in [-0.2, -0.15) is 0 Å². The highest BCUT2D eigenvalue weighted by Crippen LogP contribution is 2.21. The van der Waals surface area contributed by atoms with E-state index in [0.717, 1.165) is 25.8 Å². The van der Waals surface area contributed by atoms with Crippen LogP contribution in [0.4, 0.5) is 4.39 Å². The van der Waals surface area contributed by atoms with Crippen LogP contribution in [0.2, 0.25) is 0 Å². The highest BCUT2D eigenvalue weighted by atomic mass is 19.1. The molecule has 0 aromatic heterocycles. The van der Waals surface area contributed by atoms with Crippen molar-refractivity contribution in [2.75, 3.05) is 6.54 Å². The number of halogens is 1. The molecule has 0 fully saturated rings. The van der Waals surface area contributed by atoms with E-state index in [0.29, 0.717) is 0 Å². The molecule has 2 N–H and O–H groups in total. The van der Waals surface area contributed by atoms with Crippen molar-refractivity contribution in [3.05, 3.63) is 35.6 Å². The summed E-state index contributed by atoms with van der Waals surface area (Å²) in [6, 6.07) is 6.74. The molecule has 1 aromatic carbocycles. The molecule has 0 amide bonds. The number of nitrogens with two attached hydrogens (primary N) is 1. The molecule has 0 spiro atoms. The highest BCUT2D eigenvalue weighted by Gasteiger charge is 2.14. The van der Waals surface area contributed by atoms with E-state index in [2.05, 4.69) is 13.8 Å². The summed E-state index contributed by atoms with van der Waals surface area (Å²) in [7, 11) is 0. The SMILES string of the molecule is CC(C)(CN)CCCc1ccc(F)cc1. The minimum atomic E-state index is -0.166. The van der Waals surface area contributed by atoms with Crippen molar-refractivity contribution in [3.8, 4) is 0 Å². The Morgan fingerprint density at radius 1 is 1.20 bits per heavy atom. The number of hydrogen-bond donors (Lipinski definition) is 1. The highest BCUT2D eigenvalue weighted by molar-refractivity contribution is 5.15. The fourth-order valence-electron chi connectivity index (χ4n) is 1.52. The van der Waals surface area contributed by atoms with Crippen molar-refractivity contribution < 1.29 is 4.39 Å². The third kappa shape index (κ3) is 4.43. The Bertz CT molecular complexity index is 290. The van der Waals surface area contributed by atoms with E-state index < -0.39 is 0 Å². The molecule has 1 aromatic rings. The lowest BCUT2D eigenvalue weighted by atomic mass is 9.87. The molecule has 0 bridgehead atoms. The minimum Gasteiger partial charge on any atom is -0.330 e. The second-order valence-electron chi connectivity index (χ2n) is 4.85. The van der Waals surface area contributed by atoms with Gasteiger partial charge in [-0.1, -0.05) is 26.0 Å². The van der Waals surface area contributed by atoms with Crippen molar-refractivity contribution in [1.29, 1.82) is 0 Å². The van der Waals surface area contributed by atoms with Crippen LogP contribution in [-0.2, 0) is 6.42 Å². The van der Waals surface area contributed by atoms with Crippen LogP contribution in [0, 0.1) is 11.2 Å². The summed E-state index contributed by atoms with van der Waals surface area (Å²) in [5, 5.41) is 0. The van der Waals surface area contributed by atoms with E-state index in [1.54, 1.807) is 0 Å². The maximum atomic E-state index is 12.6. The van der Waals surface area contributed by atoms with Gasteiger partial charge in [0.15, 0.2) is 0 Å². The van der Waals surface area contributed by atoms with Crippen LogP contribution in [-0.4, -0.2) is 6.54 Å². The van der Waals surface area contributed by atoms with Gasteiger partial charge < -0.3 is 5.73 Å². The van der Waals surface area contributed by atoms with Gasteiger partial charge in [0.05, 0.1) is 0 Å². The lowest BCUT2D eigenvalue weighted by Crippen LogP contribution is -2.23. The number of hydrogen-bond acceptors (Lipinski definition) is 1. The van der Waals surface area contributed by atoms with Crippen molar-refractivity contribution in [2.45, 2.75) is 33.1 Å². The normalized spacial score (nSPS) is 11.7. The van der Waals surface area contributed by atoms with E-state index in [9.17, 15) is 4.39 Å². The van der Waals surface area contributed by atoms with E-state index in [1.165, 1.54) is 17.7 Å². The fourth-order valence-corrected chi connectivity index (χ4v) is 1.52. The Morgan fingerprint density at radius 2 is 1.80 bits per heavy atom. The molecule has 0 aliphatic rings. The molecule has 0 unspecified atom stereocenters. The first-order valence-corrected chi connectivity index (χ1v) is 5.48. The summed E-state index contributed by atoms with van der Waals surface area (Å²) in [4.78, 5) is 0. The first-order valence-electron chi connectivity index (χ1n) is 5.48. The molecule has 0 saturated heterocycles. The van der Waals surface area contributed by atoms with E-state index in [-0.39, 0.29) is 11.2 Å². The van der Waals surface area contributed by atoms with Gasteiger partial charge in [-0.25, -0.2) is 4.39 Å². The van der Waals surface area contributed by atoms with Crippen LogP contribution in [0.1, 0.15) is 32.3 Å². The van der Waals surface area contributed by atoms with Gasteiger partial charge in [-0.3, -0.25) is 0 Å². The molecule has 84 valence electrons. The fraction of sp³-hybridized carbons (Fsp3) is 0.538. The Balaban J connectivity index is 2.35. The van der Waals surface area contributed by atoms with Crippen LogP contribution in [0.15, 0.2) is 24.3 Å². The lowest BCUT2D eigenvalue weighted by Gasteiger charge is -2.21. The van der Waals surface area contributed by atoms with Crippen molar-refractivity contribution in [3.63, 3.8) is 0 Å². The largest absolute Gasteiger partial charge is 0.330 e. The molecular weight excluding hydrogens is 189 g/mol. The van der Waals surface area contributed by atoms with Gasteiger partial charge in [-0.05, 0) is 48.9 Å². The van der Waals surface area contributed by atoms with Crippen LogP contribution in [0.3, 0.4) is 0 Å². The van der Waals surface area contributed by atoms with Crippen LogP contribution >= 0.6 is 0 Å². The van der Waals surface area contributed by atoms with Gasteiger partial charge in [0.25, 0.3) is 0 Å². The molecule has 1 rings (SSSR count). The second-order valence-corrected chi connectivity index (χ2v) is 4.85. The van der Waals surface area contributed by atoms with Gasteiger partial charge in [-0.15, -0.1) is 0 Å². The second kappa shape index (κ2) is 5.26. The summed E-state index contributed by atoms with van der Waals surface area (Å²) in [6.45, 7) is 5.08. The average Bonchev–Trinajstić information content (AvgIpc) is 2.21. The maximum Gasteiger partial charge on any atom is 0.123 e. The van der Waals surface area contributed by atoms with Crippen molar-refractivity contribution in [1.82, 2.24) is 0 Å². The van der Waals surface area contributed by atoms with Crippen LogP contribution < -0.4 is 5.73 Å². The monoisotopic (exact) mass is 209 g/mol. The first kappa shape index (κ1) is 12.2. The van der Waals surface area contributed by atoms with Crippen LogP contribution in [0.25, 0.3) is 0 Å². The predicted molar refractivity (Wildman–Crippen MR) is 62.2 cm³/mol.